The summed E-state index contributed by atoms with van der Waals surface area (Å²) < 4.78 is 10.1. The zero-order valence-corrected chi connectivity index (χ0v) is 19.6. The Kier molecular flexibility index (Phi) is 24.3. The molecule has 0 atom stereocenters. The van der Waals surface area contributed by atoms with E-state index in [1.165, 1.54) is 51.4 Å². The van der Waals surface area contributed by atoms with Crippen molar-refractivity contribution in [2.24, 2.45) is 0 Å². The maximum atomic E-state index is 11.4. The molecule has 0 heterocycles. The second kappa shape index (κ2) is 24.6. The van der Waals surface area contributed by atoms with Crippen LogP contribution in [-0.4, -0.2) is 47.3 Å². The average Bonchev–Trinajstić information content (AvgIpc) is 2.75. The predicted octanol–water partition coefficient (Wildman–Crippen LogP) is 5.06. The van der Waals surface area contributed by atoms with Crippen LogP contribution in [0.4, 0.5) is 0 Å². The van der Waals surface area contributed by atoms with Gasteiger partial charge in [-0.15, -0.1) is 0 Å². The van der Waals surface area contributed by atoms with Gasteiger partial charge in [0.2, 0.25) is 0 Å². The summed E-state index contributed by atoms with van der Waals surface area (Å²) in [4.78, 5) is 42.0. The van der Waals surface area contributed by atoms with Crippen LogP contribution in [0.1, 0.15) is 90.9 Å². The molecule has 0 fully saturated rings. The van der Waals surface area contributed by atoms with Crippen LogP contribution < -0.4 is 0 Å². The lowest BCUT2D eigenvalue weighted by Crippen LogP contribution is -2.06. The summed E-state index contributed by atoms with van der Waals surface area (Å²) in [5, 5.41) is 15.6. The molecule has 2 N–H and O–H groups in total. The van der Waals surface area contributed by atoms with Crippen molar-refractivity contribution in [3.8, 4) is 0 Å². The number of aliphatic carboxylic acids is 2. The molecule has 0 aliphatic carbocycles. The zero-order chi connectivity index (χ0) is 24.5. The van der Waals surface area contributed by atoms with Crippen molar-refractivity contribution in [3.63, 3.8) is 0 Å². The van der Waals surface area contributed by atoms with E-state index in [9.17, 15) is 19.2 Å². The Bertz CT molecular complexity index is 518. The van der Waals surface area contributed by atoms with Crippen molar-refractivity contribution in [2.45, 2.75) is 90.9 Å². The number of carboxylic acid groups (broad SMARTS) is 2. The van der Waals surface area contributed by atoms with Gasteiger partial charge in [0.15, 0.2) is 0 Å². The van der Waals surface area contributed by atoms with Gasteiger partial charge in [-0.2, -0.15) is 0 Å². The fraction of sp³-hybridized carbons (Fsp3) is 0.667. The summed E-state index contributed by atoms with van der Waals surface area (Å²) in [5.41, 5.74) is 0. The highest BCUT2D eigenvalue weighted by molar-refractivity contribution is 5.91. The van der Waals surface area contributed by atoms with Gasteiger partial charge in [0.1, 0.15) is 0 Å². The summed E-state index contributed by atoms with van der Waals surface area (Å²) in [6.45, 7) is 5.21. The second-order valence-corrected chi connectivity index (χ2v) is 7.21. The molecule has 0 saturated carbocycles. The highest BCUT2D eigenvalue weighted by Gasteiger charge is 2.01. The number of rotatable bonds is 18. The molecular formula is C24H40O8. The molecule has 0 aromatic heterocycles. The molecule has 0 bridgehead atoms. The molecule has 32 heavy (non-hydrogen) atoms. The van der Waals surface area contributed by atoms with Crippen LogP contribution in [0, 0.1) is 0 Å². The van der Waals surface area contributed by atoms with Crippen LogP contribution in [0.3, 0.4) is 0 Å². The Hall–Kier alpha value is -2.64. The molecule has 0 aliphatic rings. The molecule has 0 radical (unpaired) electrons. The first-order chi connectivity index (χ1) is 15.3. The minimum atomic E-state index is -1.26. The standard InChI is InChI=1S/C20H36O4.C4H4O4/c1-3-5-7-9-11-13-17-23-19(21)15-16-20(22)24-18-14-12-10-8-6-4-2;5-3(6)1-2-4(7)8/h15-16H,3-14,17-18H2,1-2H3;1-2H,(H,5,6)(H,7,8). The smallest absolute Gasteiger partial charge is 0.331 e. The second-order valence-electron chi connectivity index (χ2n) is 7.21. The Morgan fingerprint density at radius 3 is 1.16 bits per heavy atom. The fourth-order valence-electron chi connectivity index (χ4n) is 2.49. The van der Waals surface area contributed by atoms with Gasteiger partial charge in [0, 0.05) is 24.3 Å². The lowest BCUT2D eigenvalue weighted by molar-refractivity contribution is -0.140. The molecule has 0 aromatic rings. The Morgan fingerprint density at radius 1 is 0.531 bits per heavy atom. The molecule has 0 unspecified atom stereocenters. The minimum Gasteiger partial charge on any atom is -0.478 e. The zero-order valence-electron chi connectivity index (χ0n) is 19.6. The van der Waals surface area contributed by atoms with Crippen molar-refractivity contribution < 1.29 is 38.9 Å². The van der Waals surface area contributed by atoms with Crippen LogP contribution in [0.2, 0.25) is 0 Å². The highest BCUT2D eigenvalue weighted by atomic mass is 16.5. The van der Waals surface area contributed by atoms with Crippen molar-refractivity contribution in [3.05, 3.63) is 24.3 Å². The Labute approximate surface area is 191 Å². The van der Waals surface area contributed by atoms with Gasteiger partial charge >= 0.3 is 23.9 Å². The first-order valence-corrected chi connectivity index (χ1v) is 11.5. The van der Waals surface area contributed by atoms with Gasteiger partial charge in [-0.05, 0) is 12.8 Å². The van der Waals surface area contributed by atoms with Gasteiger partial charge in [-0.25, -0.2) is 19.2 Å². The highest BCUT2D eigenvalue weighted by Crippen LogP contribution is 2.06. The van der Waals surface area contributed by atoms with E-state index in [1.54, 1.807) is 0 Å². The van der Waals surface area contributed by atoms with Crippen molar-refractivity contribution in [1.29, 1.82) is 0 Å². The Morgan fingerprint density at radius 2 is 0.844 bits per heavy atom. The third-order valence-electron chi connectivity index (χ3n) is 4.21. The number of ether oxygens (including phenoxy) is 2. The summed E-state index contributed by atoms with van der Waals surface area (Å²) >= 11 is 0. The van der Waals surface area contributed by atoms with Crippen LogP contribution in [0.5, 0.6) is 0 Å². The number of carbonyl (C=O) groups is 4. The third-order valence-corrected chi connectivity index (χ3v) is 4.21. The lowest BCUT2D eigenvalue weighted by atomic mass is 10.1. The largest absolute Gasteiger partial charge is 0.478 e. The van der Waals surface area contributed by atoms with E-state index in [1.807, 2.05) is 0 Å². The Balaban J connectivity index is 0. The summed E-state index contributed by atoms with van der Waals surface area (Å²) in [6.07, 6.45) is 17.2. The van der Waals surface area contributed by atoms with Gasteiger partial charge in [0.05, 0.1) is 13.2 Å². The van der Waals surface area contributed by atoms with Gasteiger partial charge in [-0.3, -0.25) is 0 Å². The van der Waals surface area contributed by atoms with E-state index < -0.39 is 23.9 Å². The number of hydrogen-bond acceptors (Lipinski definition) is 6. The first-order valence-electron chi connectivity index (χ1n) is 11.5. The predicted molar refractivity (Wildman–Crippen MR) is 122 cm³/mol. The number of unbranched alkanes of at least 4 members (excludes halogenated alkanes) is 10. The van der Waals surface area contributed by atoms with E-state index in [0.717, 1.165) is 37.8 Å². The van der Waals surface area contributed by atoms with Gasteiger partial charge in [0.25, 0.3) is 0 Å². The maximum absolute atomic E-state index is 11.4. The average molecular weight is 457 g/mol. The molecule has 0 rings (SSSR count). The van der Waals surface area contributed by atoms with Crippen LogP contribution >= 0.6 is 0 Å². The fourth-order valence-corrected chi connectivity index (χ4v) is 2.49. The summed E-state index contributed by atoms with van der Waals surface area (Å²) in [7, 11) is 0. The molecule has 0 amide bonds. The summed E-state index contributed by atoms with van der Waals surface area (Å²) in [6, 6.07) is 0. The van der Waals surface area contributed by atoms with Crippen LogP contribution in [0.25, 0.3) is 0 Å². The van der Waals surface area contributed by atoms with E-state index in [4.69, 9.17) is 19.7 Å². The van der Waals surface area contributed by atoms with Crippen LogP contribution in [-0.2, 0) is 28.7 Å². The summed E-state index contributed by atoms with van der Waals surface area (Å²) in [5.74, 6) is -3.46. The molecule has 8 nitrogen and oxygen atoms in total. The van der Waals surface area contributed by atoms with E-state index in [-0.39, 0.29) is 0 Å². The van der Waals surface area contributed by atoms with Crippen molar-refractivity contribution in [1.82, 2.24) is 0 Å². The van der Waals surface area contributed by atoms with Gasteiger partial charge < -0.3 is 19.7 Å². The normalized spacial score (nSPS) is 10.6. The number of esters is 2. The lowest BCUT2D eigenvalue weighted by Gasteiger charge is -2.03. The van der Waals surface area contributed by atoms with Gasteiger partial charge in [-0.1, -0.05) is 78.1 Å². The molecular weight excluding hydrogens is 416 g/mol. The molecule has 0 spiro atoms. The minimum absolute atomic E-state index is 0.419. The quantitative estimate of drug-likeness (QED) is 0.166. The first kappa shape index (κ1) is 31.5. The molecule has 8 heteroatoms. The third kappa shape index (κ3) is 29.6. The molecule has 184 valence electrons. The maximum Gasteiger partial charge on any atom is 0.331 e. The van der Waals surface area contributed by atoms with E-state index in [0.29, 0.717) is 25.4 Å². The molecule has 0 aromatic carbocycles. The molecule has 0 saturated heterocycles. The monoisotopic (exact) mass is 456 g/mol. The van der Waals surface area contributed by atoms with Crippen LogP contribution in [0.15, 0.2) is 24.3 Å². The number of carboxylic acids is 2. The topological polar surface area (TPSA) is 127 Å². The van der Waals surface area contributed by atoms with E-state index >= 15 is 0 Å². The SMILES string of the molecule is CCCCCCCCOC(=O)C=CC(=O)OCCCCCCCC.O=C(O)C=CC(=O)O. The molecule has 0 aliphatic heterocycles. The van der Waals surface area contributed by atoms with E-state index in [2.05, 4.69) is 13.8 Å². The number of hydrogen-bond donors (Lipinski definition) is 2. The number of carbonyl (C=O) groups excluding carboxylic acids is 2. The van der Waals surface area contributed by atoms with Crippen molar-refractivity contribution in [2.75, 3.05) is 13.2 Å². The van der Waals surface area contributed by atoms with Crippen molar-refractivity contribution >= 4 is 23.9 Å².